The number of carbonyl (C=O) groups is 3. The standard InChI is InChI=1S/C35H30N2O5/c1-41-27-18-16-22(17-19-27)26-20-29-32(31(38)21-26)33(23-12-14-25(15-13-23)35(40)42-2)37(30-11-7-6-10-28(30)36-29)34(39)24-8-4-3-5-9-24/h3-19,26,33,36H,20-21H2,1-2H3/t26-,33-/m1/s1. The number of ketones is 1. The van der Waals surface area contributed by atoms with Crippen LogP contribution in [0.4, 0.5) is 11.4 Å². The van der Waals surface area contributed by atoms with Gasteiger partial charge in [-0.25, -0.2) is 4.79 Å². The molecule has 1 N–H and O–H groups in total. The third kappa shape index (κ3) is 4.94. The molecule has 0 radical (unpaired) electrons. The largest absolute Gasteiger partial charge is 0.497 e. The molecule has 7 nitrogen and oxygen atoms in total. The molecule has 0 spiro atoms. The highest BCUT2D eigenvalue weighted by Crippen LogP contribution is 2.48. The first-order chi connectivity index (χ1) is 20.5. The van der Waals surface area contributed by atoms with Crippen molar-refractivity contribution < 1.29 is 23.9 Å². The number of esters is 1. The molecule has 42 heavy (non-hydrogen) atoms. The first kappa shape index (κ1) is 27.0. The molecule has 6 rings (SSSR count). The number of hydrogen-bond donors (Lipinski definition) is 1. The Balaban J connectivity index is 1.53. The average Bonchev–Trinajstić information content (AvgIpc) is 3.19. The number of amides is 1. The van der Waals surface area contributed by atoms with E-state index in [9.17, 15) is 14.4 Å². The van der Waals surface area contributed by atoms with E-state index in [1.165, 1.54) is 7.11 Å². The van der Waals surface area contributed by atoms with E-state index in [-0.39, 0.29) is 17.6 Å². The predicted octanol–water partition coefficient (Wildman–Crippen LogP) is 6.70. The topological polar surface area (TPSA) is 84.9 Å². The molecule has 1 amide bonds. The van der Waals surface area contributed by atoms with Gasteiger partial charge in [0.2, 0.25) is 0 Å². The van der Waals surface area contributed by atoms with E-state index >= 15 is 0 Å². The van der Waals surface area contributed by atoms with Crippen LogP contribution >= 0.6 is 0 Å². The molecule has 0 aromatic heterocycles. The zero-order chi connectivity index (χ0) is 29.2. The second kappa shape index (κ2) is 11.4. The minimum Gasteiger partial charge on any atom is -0.497 e. The van der Waals surface area contributed by atoms with Gasteiger partial charge in [0.1, 0.15) is 5.75 Å². The van der Waals surface area contributed by atoms with Gasteiger partial charge in [0.25, 0.3) is 5.91 Å². The lowest BCUT2D eigenvalue weighted by molar-refractivity contribution is -0.116. The van der Waals surface area contributed by atoms with E-state index in [0.717, 1.165) is 22.7 Å². The van der Waals surface area contributed by atoms with Crippen molar-refractivity contribution in [2.75, 3.05) is 24.4 Å². The minimum absolute atomic E-state index is 0.0368. The van der Waals surface area contributed by atoms with E-state index < -0.39 is 12.0 Å². The van der Waals surface area contributed by atoms with Crippen LogP contribution in [-0.4, -0.2) is 31.9 Å². The molecule has 0 unspecified atom stereocenters. The number of fused-ring (bicyclic) bond motifs is 1. The molecule has 0 saturated carbocycles. The number of rotatable bonds is 5. The predicted molar refractivity (Wildman–Crippen MR) is 161 cm³/mol. The highest BCUT2D eigenvalue weighted by Gasteiger charge is 2.42. The lowest BCUT2D eigenvalue weighted by Gasteiger charge is -2.35. The van der Waals surface area contributed by atoms with Gasteiger partial charge in [0.05, 0.1) is 37.2 Å². The van der Waals surface area contributed by atoms with Crippen LogP contribution in [0.5, 0.6) is 5.75 Å². The third-order valence-electron chi connectivity index (χ3n) is 7.96. The molecular weight excluding hydrogens is 528 g/mol. The Labute approximate surface area is 244 Å². The first-order valence-electron chi connectivity index (χ1n) is 13.8. The molecule has 1 aliphatic heterocycles. The van der Waals surface area contributed by atoms with Gasteiger partial charge in [-0.15, -0.1) is 0 Å². The number of hydrogen-bond acceptors (Lipinski definition) is 6. The molecule has 1 aliphatic carbocycles. The van der Waals surface area contributed by atoms with Gasteiger partial charge < -0.3 is 14.8 Å². The van der Waals surface area contributed by atoms with Crippen molar-refractivity contribution in [1.29, 1.82) is 0 Å². The number of para-hydroxylation sites is 2. The van der Waals surface area contributed by atoms with Crippen LogP contribution in [0.1, 0.15) is 56.6 Å². The van der Waals surface area contributed by atoms with Gasteiger partial charge in [0, 0.05) is 23.3 Å². The van der Waals surface area contributed by atoms with Crippen molar-refractivity contribution >= 4 is 29.0 Å². The highest BCUT2D eigenvalue weighted by molar-refractivity contribution is 6.12. The minimum atomic E-state index is -0.722. The van der Waals surface area contributed by atoms with Crippen molar-refractivity contribution in [2.24, 2.45) is 0 Å². The average molecular weight is 559 g/mol. The maximum atomic E-state index is 14.3. The van der Waals surface area contributed by atoms with Crippen LogP contribution in [0.2, 0.25) is 0 Å². The zero-order valence-electron chi connectivity index (χ0n) is 23.4. The summed E-state index contributed by atoms with van der Waals surface area (Å²) in [6.45, 7) is 0. The molecule has 4 aromatic rings. The van der Waals surface area contributed by atoms with Crippen LogP contribution in [0.15, 0.2) is 114 Å². The lowest BCUT2D eigenvalue weighted by Crippen LogP contribution is -2.38. The number of nitrogens with one attached hydrogen (secondary N) is 1. The Bertz CT molecular complexity index is 1680. The monoisotopic (exact) mass is 558 g/mol. The van der Waals surface area contributed by atoms with Crippen LogP contribution in [-0.2, 0) is 9.53 Å². The quantitative estimate of drug-likeness (QED) is 0.275. The van der Waals surface area contributed by atoms with Gasteiger partial charge in [-0.2, -0.15) is 0 Å². The molecule has 1 heterocycles. The van der Waals surface area contributed by atoms with Crippen molar-refractivity contribution in [3.63, 3.8) is 0 Å². The Hall–Kier alpha value is -5.17. The summed E-state index contributed by atoms with van der Waals surface area (Å²) in [7, 11) is 2.96. The van der Waals surface area contributed by atoms with Crippen LogP contribution in [0.3, 0.4) is 0 Å². The Morgan fingerprint density at radius 1 is 0.762 bits per heavy atom. The molecular formula is C35H30N2O5. The van der Waals surface area contributed by atoms with E-state index in [0.29, 0.717) is 40.8 Å². The normalized spacial score (nSPS) is 17.9. The summed E-state index contributed by atoms with van der Waals surface area (Å²) in [5.74, 6) is -0.00739. The number of benzene rings is 4. The Kier molecular flexibility index (Phi) is 7.32. The van der Waals surface area contributed by atoms with Gasteiger partial charge in [-0.1, -0.05) is 54.6 Å². The summed E-state index contributed by atoms with van der Waals surface area (Å²) in [6, 6.07) is 30.7. The lowest BCUT2D eigenvalue weighted by atomic mass is 9.78. The molecule has 0 fully saturated rings. The smallest absolute Gasteiger partial charge is 0.337 e. The van der Waals surface area contributed by atoms with Gasteiger partial charge in [-0.05, 0) is 72.0 Å². The van der Waals surface area contributed by atoms with Gasteiger partial charge >= 0.3 is 5.97 Å². The fourth-order valence-corrected chi connectivity index (χ4v) is 5.88. The maximum absolute atomic E-state index is 14.3. The summed E-state index contributed by atoms with van der Waals surface area (Å²) in [6.07, 6.45) is 0.888. The maximum Gasteiger partial charge on any atom is 0.337 e. The summed E-state index contributed by atoms with van der Waals surface area (Å²) in [5, 5.41) is 3.56. The summed E-state index contributed by atoms with van der Waals surface area (Å²) in [4.78, 5) is 42.4. The number of ether oxygens (including phenoxy) is 2. The van der Waals surface area contributed by atoms with Crippen LogP contribution in [0, 0.1) is 0 Å². The molecule has 210 valence electrons. The Morgan fingerprint density at radius 2 is 1.43 bits per heavy atom. The van der Waals surface area contributed by atoms with Crippen molar-refractivity contribution in [3.8, 4) is 5.75 Å². The summed E-state index contributed by atoms with van der Waals surface area (Å²) < 4.78 is 10.2. The van der Waals surface area contributed by atoms with Crippen molar-refractivity contribution in [3.05, 3.63) is 137 Å². The Morgan fingerprint density at radius 3 is 2.12 bits per heavy atom. The molecule has 0 saturated heterocycles. The van der Waals surface area contributed by atoms with E-state index in [1.807, 2.05) is 66.7 Å². The van der Waals surface area contributed by atoms with Gasteiger partial charge in [0.15, 0.2) is 5.78 Å². The number of anilines is 2. The van der Waals surface area contributed by atoms with Crippen LogP contribution in [0.25, 0.3) is 0 Å². The van der Waals surface area contributed by atoms with Crippen LogP contribution < -0.4 is 15.0 Å². The molecule has 2 aliphatic rings. The summed E-state index contributed by atoms with van der Waals surface area (Å²) in [5.41, 5.74) is 5.39. The van der Waals surface area contributed by atoms with E-state index in [1.54, 1.807) is 48.4 Å². The second-order valence-electron chi connectivity index (χ2n) is 10.4. The molecule has 0 bridgehead atoms. The van der Waals surface area contributed by atoms with Crippen molar-refractivity contribution in [2.45, 2.75) is 24.8 Å². The first-order valence-corrected chi connectivity index (χ1v) is 13.8. The van der Waals surface area contributed by atoms with E-state index in [2.05, 4.69) is 5.32 Å². The zero-order valence-corrected chi connectivity index (χ0v) is 23.4. The fraction of sp³-hybridized carbons (Fsp3) is 0.171. The number of methoxy groups -OCH3 is 2. The number of Topliss-reactive ketones (excluding diaryl/α,β-unsaturated/α-hetero) is 1. The molecule has 7 heteroatoms. The van der Waals surface area contributed by atoms with Gasteiger partial charge in [-0.3, -0.25) is 14.5 Å². The van der Waals surface area contributed by atoms with Crippen molar-refractivity contribution in [1.82, 2.24) is 0 Å². The molecule has 2 atom stereocenters. The third-order valence-corrected chi connectivity index (χ3v) is 7.96. The number of nitrogens with zero attached hydrogens (tertiary/aromatic N) is 1. The second-order valence-corrected chi connectivity index (χ2v) is 10.4. The summed E-state index contributed by atoms with van der Waals surface area (Å²) >= 11 is 0. The fourth-order valence-electron chi connectivity index (χ4n) is 5.88. The number of carbonyl (C=O) groups excluding carboxylic acids is 3. The van der Waals surface area contributed by atoms with E-state index in [4.69, 9.17) is 9.47 Å². The highest BCUT2D eigenvalue weighted by atomic mass is 16.5. The number of allylic oxidation sites excluding steroid dienone is 1. The molecule has 4 aromatic carbocycles. The SMILES string of the molecule is COC(=O)c1ccc([C@@H]2C3=C(C[C@@H](c4ccc(OC)cc4)CC3=O)Nc3ccccc3N2C(=O)c2ccccc2)cc1.